The first-order valence-electron chi connectivity index (χ1n) is 6.07. The van der Waals surface area contributed by atoms with Crippen LogP contribution in [-0.4, -0.2) is 23.2 Å². The van der Waals surface area contributed by atoms with Gasteiger partial charge in [0, 0.05) is 5.56 Å². The molecule has 0 bridgehead atoms. The van der Waals surface area contributed by atoms with E-state index in [9.17, 15) is 9.90 Å². The first-order valence-corrected chi connectivity index (χ1v) is 6.07. The zero-order valence-corrected chi connectivity index (χ0v) is 11.3. The van der Waals surface area contributed by atoms with Crippen molar-refractivity contribution < 1.29 is 9.90 Å². The molecule has 0 fully saturated rings. The zero-order chi connectivity index (χ0) is 13.4. The lowest BCUT2D eigenvalue weighted by molar-refractivity contribution is 0.0873. The molecule has 2 unspecified atom stereocenters. The first-order chi connectivity index (χ1) is 8.02. The topological polar surface area (TPSA) is 49.3 Å². The number of nitrogens with one attached hydrogen (secondary N) is 1. The van der Waals surface area contributed by atoms with Crippen molar-refractivity contribution in [1.29, 1.82) is 0 Å². The van der Waals surface area contributed by atoms with Crippen LogP contribution in [0.1, 0.15) is 43.6 Å². The van der Waals surface area contributed by atoms with E-state index in [2.05, 4.69) is 5.32 Å². The molecular weight excluding hydrogens is 214 g/mol. The second kappa shape index (κ2) is 7.85. The minimum absolute atomic E-state index is 0.137. The average molecular weight is 237 g/mol. The van der Waals surface area contributed by atoms with Gasteiger partial charge in [-0.15, -0.1) is 0 Å². The summed E-state index contributed by atoms with van der Waals surface area (Å²) in [6.45, 7) is 9.32. The van der Waals surface area contributed by atoms with E-state index in [0.29, 0.717) is 5.56 Å². The number of hydrogen-bond donors (Lipinski definition) is 2. The summed E-state index contributed by atoms with van der Waals surface area (Å²) in [6.07, 6.45) is -0.544. The molecule has 2 N–H and O–H groups in total. The maximum absolute atomic E-state index is 11.8. The summed E-state index contributed by atoms with van der Waals surface area (Å²) in [5.41, 5.74) is 1.60. The van der Waals surface area contributed by atoms with Gasteiger partial charge in [-0.05, 0) is 32.4 Å². The van der Waals surface area contributed by atoms with Gasteiger partial charge in [-0.2, -0.15) is 0 Å². The number of rotatable bonds is 3. The fourth-order valence-electron chi connectivity index (χ4n) is 1.23. The first kappa shape index (κ1) is 15.7. The van der Waals surface area contributed by atoms with Gasteiger partial charge in [-0.3, -0.25) is 4.79 Å². The van der Waals surface area contributed by atoms with Crippen molar-refractivity contribution in [2.24, 2.45) is 0 Å². The summed E-state index contributed by atoms with van der Waals surface area (Å²) in [4.78, 5) is 11.8. The smallest absolute Gasteiger partial charge is 0.251 e. The molecule has 17 heavy (non-hydrogen) atoms. The number of aliphatic hydroxyl groups excluding tert-OH is 1. The second-order valence-electron chi connectivity index (χ2n) is 3.82. The van der Waals surface area contributed by atoms with Crippen LogP contribution in [0.2, 0.25) is 0 Å². The van der Waals surface area contributed by atoms with Crippen LogP contribution in [0.5, 0.6) is 0 Å². The van der Waals surface area contributed by atoms with Crippen molar-refractivity contribution in [3.8, 4) is 0 Å². The summed E-state index contributed by atoms with van der Waals surface area (Å²) in [5.74, 6) is -0.137. The lowest BCUT2D eigenvalue weighted by atomic mass is 10.1. The molecule has 1 rings (SSSR count). The molecule has 0 aliphatic rings. The normalized spacial score (nSPS) is 13.1. The molecule has 0 saturated heterocycles. The molecule has 1 aromatic rings. The molecule has 3 heteroatoms. The summed E-state index contributed by atoms with van der Waals surface area (Å²) >= 11 is 0. The van der Waals surface area contributed by atoms with Crippen molar-refractivity contribution in [2.45, 2.75) is 46.8 Å². The van der Waals surface area contributed by atoms with E-state index in [0.717, 1.165) is 5.56 Å². The number of benzene rings is 1. The maximum atomic E-state index is 11.8. The Morgan fingerprint density at radius 2 is 1.76 bits per heavy atom. The van der Waals surface area contributed by atoms with Gasteiger partial charge in [0.05, 0.1) is 12.1 Å². The molecule has 96 valence electrons. The number of aliphatic hydroxyl groups is 1. The zero-order valence-electron chi connectivity index (χ0n) is 11.3. The molecule has 0 aliphatic heterocycles. The highest BCUT2D eigenvalue weighted by molar-refractivity contribution is 5.95. The summed E-state index contributed by atoms with van der Waals surface area (Å²) in [5, 5.41) is 12.0. The van der Waals surface area contributed by atoms with Gasteiger partial charge in [0.2, 0.25) is 0 Å². The van der Waals surface area contributed by atoms with Crippen LogP contribution in [0.25, 0.3) is 0 Å². The van der Waals surface area contributed by atoms with Crippen molar-refractivity contribution in [3.05, 3.63) is 35.4 Å². The van der Waals surface area contributed by atoms with E-state index < -0.39 is 6.10 Å². The third-order valence-electron chi connectivity index (χ3n) is 2.47. The predicted octanol–water partition coefficient (Wildman–Crippen LogP) is 2.52. The number of carbonyl (C=O) groups excluding carboxylic acids is 1. The Bertz CT molecular complexity index is 348. The van der Waals surface area contributed by atoms with Crippen molar-refractivity contribution in [1.82, 2.24) is 5.32 Å². The van der Waals surface area contributed by atoms with Crippen molar-refractivity contribution in [3.63, 3.8) is 0 Å². The van der Waals surface area contributed by atoms with Gasteiger partial charge >= 0.3 is 0 Å². The molecular formula is C14H23NO2. The molecule has 0 heterocycles. The standard InChI is InChI=1S/C12H17NO2.C2H6/c1-8-6-4-5-7-11(8)12(15)13-9(2)10(3)14;1-2/h4-7,9-10,14H,1-3H3,(H,13,15);1-2H3. The van der Waals surface area contributed by atoms with E-state index in [1.165, 1.54) is 0 Å². The molecule has 2 atom stereocenters. The summed E-state index contributed by atoms with van der Waals surface area (Å²) in [6, 6.07) is 7.15. The number of hydrogen-bond acceptors (Lipinski definition) is 2. The Morgan fingerprint density at radius 3 is 2.24 bits per heavy atom. The Labute approximate surface area is 104 Å². The average Bonchev–Trinajstić information content (AvgIpc) is 2.31. The van der Waals surface area contributed by atoms with Crippen LogP contribution in [0.3, 0.4) is 0 Å². The van der Waals surface area contributed by atoms with Gasteiger partial charge in [0.25, 0.3) is 5.91 Å². The molecule has 0 aliphatic carbocycles. The largest absolute Gasteiger partial charge is 0.391 e. The van der Waals surface area contributed by atoms with Gasteiger partial charge in [-0.1, -0.05) is 32.0 Å². The van der Waals surface area contributed by atoms with E-state index in [1.807, 2.05) is 39.0 Å². The van der Waals surface area contributed by atoms with Crippen LogP contribution in [0.4, 0.5) is 0 Å². The number of amides is 1. The third kappa shape index (κ3) is 5.00. The minimum atomic E-state index is -0.544. The van der Waals surface area contributed by atoms with Gasteiger partial charge in [-0.25, -0.2) is 0 Å². The monoisotopic (exact) mass is 237 g/mol. The van der Waals surface area contributed by atoms with Crippen molar-refractivity contribution >= 4 is 5.91 Å². The molecule has 0 saturated carbocycles. The van der Waals surface area contributed by atoms with E-state index in [4.69, 9.17) is 0 Å². The third-order valence-corrected chi connectivity index (χ3v) is 2.47. The summed E-state index contributed by atoms with van der Waals surface area (Å²) in [7, 11) is 0. The Kier molecular flexibility index (Phi) is 7.22. The van der Waals surface area contributed by atoms with Gasteiger partial charge < -0.3 is 10.4 Å². The van der Waals surface area contributed by atoms with Crippen molar-refractivity contribution in [2.75, 3.05) is 0 Å². The molecule has 1 amide bonds. The predicted molar refractivity (Wildman–Crippen MR) is 71.1 cm³/mol. The van der Waals surface area contributed by atoms with E-state index in [-0.39, 0.29) is 11.9 Å². The van der Waals surface area contributed by atoms with E-state index in [1.54, 1.807) is 19.9 Å². The molecule has 0 spiro atoms. The lowest BCUT2D eigenvalue weighted by Crippen LogP contribution is -2.39. The fourth-order valence-corrected chi connectivity index (χ4v) is 1.23. The molecule has 3 nitrogen and oxygen atoms in total. The highest BCUT2D eigenvalue weighted by Crippen LogP contribution is 2.07. The highest BCUT2D eigenvalue weighted by Gasteiger charge is 2.14. The van der Waals surface area contributed by atoms with Gasteiger partial charge in [0.15, 0.2) is 0 Å². The van der Waals surface area contributed by atoms with Crippen LogP contribution >= 0.6 is 0 Å². The van der Waals surface area contributed by atoms with Crippen LogP contribution in [-0.2, 0) is 0 Å². The Morgan fingerprint density at radius 1 is 1.24 bits per heavy atom. The highest BCUT2D eigenvalue weighted by atomic mass is 16.3. The van der Waals surface area contributed by atoms with E-state index >= 15 is 0 Å². The quantitative estimate of drug-likeness (QED) is 0.848. The van der Waals surface area contributed by atoms with Crippen LogP contribution < -0.4 is 5.32 Å². The van der Waals surface area contributed by atoms with Crippen LogP contribution in [0.15, 0.2) is 24.3 Å². The Balaban J connectivity index is 0.00000121. The fraction of sp³-hybridized carbons (Fsp3) is 0.500. The molecule has 0 aromatic heterocycles. The Hall–Kier alpha value is -1.35. The minimum Gasteiger partial charge on any atom is -0.391 e. The number of aryl methyl sites for hydroxylation is 1. The lowest BCUT2D eigenvalue weighted by Gasteiger charge is -2.17. The van der Waals surface area contributed by atoms with Gasteiger partial charge in [0.1, 0.15) is 0 Å². The van der Waals surface area contributed by atoms with Crippen LogP contribution in [0, 0.1) is 6.92 Å². The molecule has 0 radical (unpaired) electrons. The maximum Gasteiger partial charge on any atom is 0.251 e. The second-order valence-corrected chi connectivity index (χ2v) is 3.82. The number of carbonyl (C=O) groups is 1. The SMILES string of the molecule is CC.Cc1ccccc1C(=O)NC(C)C(C)O. The molecule has 1 aromatic carbocycles. The summed E-state index contributed by atoms with van der Waals surface area (Å²) < 4.78 is 0.